The van der Waals surface area contributed by atoms with Gasteiger partial charge in [-0.15, -0.1) is 11.3 Å². The predicted molar refractivity (Wildman–Crippen MR) is 131 cm³/mol. The smallest absolute Gasteiger partial charge is 0.259 e. The summed E-state index contributed by atoms with van der Waals surface area (Å²) < 4.78 is 0. The Hall–Kier alpha value is -1.68. The van der Waals surface area contributed by atoms with Gasteiger partial charge >= 0.3 is 0 Å². The molecule has 4 rings (SSSR count). The third-order valence-electron chi connectivity index (χ3n) is 5.63. The van der Waals surface area contributed by atoms with Crippen molar-refractivity contribution in [3.8, 4) is 0 Å². The van der Waals surface area contributed by atoms with Crippen molar-refractivity contribution in [3.05, 3.63) is 49.0 Å². The maximum atomic E-state index is 12.6. The molecule has 0 aliphatic heterocycles. The van der Waals surface area contributed by atoms with Gasteiger partial charge in [-0.2, -0.15) is 23.1 Å². The average molecular weight is 477 g/mol. The number of rotatable bonds is 9. The number of hydrogen-bond donors (Lipinski definition) is 2. The average Bonchev–Trinajstić information content (AvgIpc) is 3.39. The summed E-state index contributed by atoms with van der Waals surface area (Å²) in [5.74, 6) is 2.06. The van der Waals surface area contributed by atoms with Gasteiger partial charge in [0.15, 0.2) is 0 Å². The lowest BCUT2D eigenvalue weighted by Gasteiger charge is -2.24. The summed E-state index contributed by atoms with van der Waals surface area (Å²) >= 11 is 4.97. The topological polar surface area (TPSA) is 78.1 Å². The lowest BCUT2D eigenvalue weighted by Crippen LogP contribution is -2.34. The van der Waals surface area contributed by atoms with Crippen molar-refractivity contribution in [2.75, 3.05) is 26.4 Å². The number of aromatic amines is 1. The fraction of sp³-hybridized carbons (Fsp3) is 0.500. The van der Waals surface area contributed by atoms with Crippen LogP contribution in [0.2, 0.25) is 0 Å². The quantitative estimate of drug-likeness (QED) is 0.457. The highest BCUT2D eigenvalue weighted by atomic mass is 32.2. The molecule has 1 atom stereocenters. The van der Waals surface area contributed by atoms with Gasteiger partial charge in [-0.25, -0.2) is 4.98 Å². The number of thiophene rings is 2. The molecule has 0 fully saturated rings. The molecular weight excluding hydrogens is 448 g/mol. The van der Waals surface area contributed by atoms with E-state index in [4.69, 9.17) is 4.98 Å². The molecule has 3 aromatic rings. The Labute approximate surface area is 194 Å². The van der Waals surface area contributed by atoms with Crippen molar-refractivity contribution in [2.24, 2.45) is 0 Å². The van der Waals surface area contributed by atoms with Gasteiger partial charge in [0, 0.05) is 23.6 Å². The van der Waals surface area contributed by atoms with Crippen LogP contribution in [0.4, 0.5) is 0 Å². The van der Waals surface area contributed by atoms with Crippen LogP contribution in [-0.2, 0) is 23.4 Å². The van der Waals surface area contributed by atoms with E-state index in [1.165, 1.54) is 22.4 Å². The molecule has 0 saturated heterocycles. The molecule has 1 unspecified atom stereocenters. The van der Waals surface area contributed by atoms with Crippen LogP contribution >= 0.6 is 34.4 Å². The van der Waals surface area contributed by atoms with Crippen LogP contribution in [0.3, 0.4) is 0 Å². The first-order chi connectivity index (χ1) is 15.0. The summed E-state index contributed by atoms with van der Waals surface area (Å²) in [5, 5.41) is 8.04. The van der Waals surface area contributed by atoms with Gasteiger partial charge < -0.3 is 15.2 Å². The molecule has 1 amide bonds. The van der Waals surface area contributed by atoms with Crippen molar-refractivity contribution in [2.45, 2.75) is 43.9 Å². The summed E-state index contributed by atoms with van der Waals surface area (Å²) in [5.41, 5.74) is 2.43. The summed E-state index contributed by atoms with van der Waals surface area (Å²) in [6, 6.07) is 2.28. The molecule has 1 aliphatic carbocycles. The van der Waals surface area contributed by atoms with Gasteiger partial charge in [0.25, 0.3) is 5.56 Å². The Morgan fingerprint density at radius 1 is 1.35 bits per heavy atom. The number of nitrogens with zero attached hydrogens (tertiary/aromatic N) is 2. The molecular formula is C22H28N4O2S3. The number of carbonyl (C=O) groups excluding carboxylic acids is 1. The maximum Gasteiger partial charge on any atom is 0.259 e. The lowest BCUT2D eigenvalue weighted by molar-refractivity contribution is -0.120. The van der Waals surface area contributed by atoms with E-state index in [-0.39, 0.29) is 17.5 Å². The van der Waals surface area contributed by atoms with Crippen molar-refractivity contribution < 1.29 is 4.79 Å². The first-order valence-electron chi connectivity index (χ1n) is 10.6. The summed E-state index contributed by atoms with van der Waals surface area (Å²) in [6.45, 7) is 0.599. The van der Waals surface area contributed by atoms with Crippen molar-refractivity contribution in [1.82, 2.24) is 20.2 Å². The van der Waals surface area contributed by atoms with E-state index in [2.05, 4.69) is 32.0 Å². The zero-order valence-electron chi connectivity index (χ0n) is 17.9. The molecule has 1 aliphatic rings. The SMILES string of the molecule is CN(C)C(CNC(=O)CCSCc1nc2sc3c(c2c(=O)[nH]1)CCCC3)c1ccsc1. The normalized spacial score (nSPS) is 14.7. The van der Waals surface area contributed by atoms with Crippen LogP contribution in [0.1, 0.15) is 47.1 Å². The molecule has 0 saturated carbocycles. The Kier molecular flexibility index (Phi) is 7.47. The fourth-order valence-electron chi connectivity index (χ4n) is 3.97. The highest BCUT2D eigenvalue weighted by Crippen LogP contribution is 2.33. The molecule has 0 aromatic carbocycles. The fourth-order valence-corrected chi connectivity index (χ4v) is 6.76. The van der Waals surface area contributed by atoms with Crippen LogP contribution < -0.4 is 10.9 Å². The Bertz CT molecular complexity index is 1090. The Balaban J connectivity index is 1.26. The summed E-state index contributed by atoms with van der Waals surface area (Å²) in [4.78, 5) is 36.9. The zero-order valence-corrected chi connectivity index (χ0v) is 20.4. The third kappa shape index (κ3) is 5.39. The van der Waals surface area contributed by atoms with Gasteiger partial charge in [0.2, 0.25) is 5.91 Å². The minimum Gasteiger partial charge on any atom is -0.354 e. The number of thioether (sulfide) groups is 1. The Morgan fingerprint density at radius 2 is 2.19 bits per heavy atom. The number of likely N-dealkylation sites (N-methyl/N-ethyl adjacent to an activating group) is 1. The third-order valence-corrected chi connectivity index (χ3v) is 8.49. The van der Waals surface area contributed by atoms with E-state index >= 15 is 0 Å². The first-order valence-corrected chi connectivity index (χ1v) is 13.5. The lowest BCUT2D eigenvalue weighted by atomic mass is 9.97. The molecule has 6 nitrogen and oxygen atoms in total. The van der Waals surface area contributed by atoms with Gasteiger partial charge in [-0.1, -0.05) is 0 Å². The number of aromatic nitrogens is 2. The molecule has 3 heterocycles. The van der Waals surface area contributed by atoms with Crippen LogP contribution in [0.5, 0.6) is 0 Å². The van der Waals surface area contributed by atoms with Crippen LogP contribution in [0, 0.1) is 0 Å². The summed E-state index contributed by atoms with van der Waals surface area (Å²) in [6.07, 6.45) is 4.86. The first kappa shape index (κ1) is 22.5. The van der Waals surface area contributed by atoms with Crippen molar-refractivity contribution in [1.29, 1.82) is 0 Å². The number of hydrogen-bond acceptors (Lipinski definition) is 7. The molecule has 166 valence electrons. The van der Waals surface area contributed by atoms with Crippen molar-refractivity contribution >= 4 is 50.6 Å². The van der Waals surface area contributed by atoms with E-state index in [1.54, 1.807) is 34.4 Å². The molecule has 31 heavy (non-hydrogen) atoms. The number of fused-ring (bicyclic) bond motifs is 3. The van der Waals surface area contributed by atoms with E-state index in [0.717, 1.165) is 29.5 Å². The second-order valence-corrected chi connectivity index (χ2v) is 11.0. The van der Waals surface area contributed by atoms with E-state index < -0.39 is 0 Å². The van der Waals surface area contributed by atoms with Gasteiger partial charge in [0.1, 0.15) is 10.7 Å². The largest absolute Gasteiger partial charge is 0.354 e. The van der Waals surface area contributed by atoms with Crippen LogP contribution in [0.15, 0.2) is 21.6 Å². The monoisotopic (exact) mass is 476 g/mol. The molecule has 9 heteroatoms. The van der Waals surface area contributed by atoms with Gasteiger partial charge in [-0.05, 0) is 67.7 Å². The highest BCUT2D eigenvalue weighted by Gasteiger charge is 2.20. The van der Waals surface area contributed by atoms with Gasteiger partial charge in [-0.3, -0.25) is 9.59 Å². The zero-order chi connectivity index (χ0) is 21.8. The Morgan fingerprint density at radius 3 is 2.97 bits per heavy atom. The number of amides is 1. The number of H-pyrrole nitrogens is 1. The second-order valence-electron chi connectivity index (χ2n) is 8.05. The predicted octanol–water partition coefficient (Wildman–Crippen LogP) is 3.97. The van der Waals surface area contributed by atoms with Gasteiger partial charge in [0.05, 0.1) is 17.2 Å². The summed E-state index contributed by atoms with van der Waals surface area (Å²) in [7, 11) is 4.05. The molecule has 3 aromatic heterocycles. The molecule has 0 radical (unpaired) electrons. The second kappa shape index (κ2) is 10.3. The van der Waals surface area contributed by atoms with Crippen LogP contribution in [0.25, 0.3) is 10.2 Å². The molecule has 0 spiro atoms. The van der Waals surface area contributed by atoms with Crippen molar-refractivity contribution in [3.63, 3.8) is 0 Å². The van der Waals surface area contributed by atoms with E-state index in [0.29, 0.717) is 30.3 Å². The van der Waals surface area contributed by atoms with E-state index in [9.17, 15) is 9.59 Å². The minimum absolute atomic E-state index is 0.0131. The molecule has 2 N–H and O–H groups in total. The number of nitrogens with one attached hydrogen (secondary N) is 2. The highest BCUT2D eigenvalue weighted by molar-refractivity contribution is 7.98. The number of aryl methyl sites for hydroxylation is 2. The standard InChI is InChI=1S/C22H28N4O2S3/c1-26(2)16(14-7-9-29-12-14)11-23-19(27)8-10-30-13-18-24-21(28)20-15-5-3-4-6-17(15)31-22(20)25-18/h7,9,12,16H,3-6,8,10-11,13H2,1-2H3,(H,23,27)(H,24,25,28). The minimum atomic E-state index is -0.0131. The number of carbonyl (C=O) groups is 1. The van der Waals surface area contributed by atoms with E-state index in [1.807, 2.05) is 14.1 Å². The molecule has 0 bridgehead atoms. The van der Waals surface area contributed by atoms with Crippen LogP contribution in [-0.4, -0.2) is 47.2 Å². The maximum absolute atomic E-state index is 12.6.